The molecule has 4 rings (SSSR count). The summed E-state index contributed by atoms with van der Waals surface area (Å²) < 4.78 is 7.16. The van der Waals surface area contributed by atoms with E-state index in [0.717, 1.165) is 24.6 Å². The van der Waals surface area contributed by atoms with Crippen LogP contribution in [0.25, 0.3) is 0 Å². The molecule has 3 aromatic rings. The molecular formula is C24H27BrN2O+2. The minimum absolute atomic E-state index is 0.886. The van der Waals surface area contributed by atoms with Crippen molar-refractivity contribution in [3.8, 4) is 11.5 Å². The van der Waals surface area contributed by atoms with Gasteiger partial charge in [-0.05, 0) is 36.4 Å². The number of halogens is 1. The minimum atomic E-state index is 0.886. The highest BCUT2D eigenvalue weighted by molar-refractivity contribution is 9.10. The largest absolute Gasteiger partial charge is 0.457 e. The summed E-state index contributed by atoms with van der Waals surface area (Å²) in [6.07, 6.45) is 0. The van der Waals surface area contributed by atoms with Crippen LogP contribution in [0.5, 0.6) is 11.5 Å². The standard InChI is InChI=1S/C24H25BrN2O/c25-22-8-4-6-20(16-22)18-26-12-14-27(15-13-26)19-21-7-5-11-24(17-21)28-23-9-2-1-3-10-23/h1-11,16-17H,12-15,18-19H2/p+2. The molecule has 3 aromatic carbocycles. The highest BCUT2D eigenvalue weighted by atomic mass is 79.9. The van der Waals surface area contributed by atoms with E-state index < -0.39 is 0 Å². The van der Waals surface area contributed by atoms with E-state index in [2.05, 4.69) is 58.4 Å². The molecule has 0 aliphatic carbocycles. The van der Waals surface area contributed by atoms with E-state index >= 15 is 0 Å². The van der Waals surface area contributed by atoms with Crippen LogP contribution in [0.4, 0.5) is 0 Å². The number of para-hydroxylation sites is 1. The van der Waals surface area contributed by atoms with Crippen LogP contribution >= 0.6 is 15.9 Å². The molecule has 4 heteroatoms. The van der Waals surface area contributed by atoms with Crippen LogP contribution in [-0.4, -0.2) is 26.2 Å². The molecule has 1 saturated heterocycles. The van der Waals surface area contributed by atoms with Crippen molar-refractivity contribution in [2.24, 2.45) is 0 Å². The second kappa shape index (κ2) is 9.37. The number of nitrogens with one attached hydrogen (secondary N) is 2. The summed E-state index contributed by atoms with van der Waals surface area (Å²) in [7, 11) is 0. The molecule has 0 bridgehead atoms. The lowest BCUT2D eigenvalue weighted by Crippen LogP contribution is -3.27. The molecular weight excluding hydrogens is 412 g/mol. The van der Waals surface area contributed by atoms with Gasteiger partial charge in [-0.1, -0.05) is 58.4 Å². The Balaban J connectivity index is 1.29. The first kappa shape index (κ1) is 19.2. The van der Waals surface area contributed by atoms with Gasteiger partial charge in [-0.2, -0.15) is 0 Å². The molecule has 0 radical (unpaired) electrons. The predicted molar refractivity (Wildman–Crippen MR) is 116 cm³/mol. The van der Waals surface area contributed by atoms with Crippen molar-refractivity contribution in [3.63, 3.8) is 0 Å². The molecule has 0 amide bonds. The van der Waals surface area contributed by atoms with Gasteiger partial charge in [0.2, 0.25) is 0 Å². The Labute approximate surface area is 175 Å². The molecule has 1 fully saturated rings. The summed E-state index contributed by atoms with van der Waals surface area (Å²) in [6.45, 7) is 7.06. The van der Waals surface area contributed by atoms with Gasteiger partial charge in [0.1, 0.15) is 50.8 Å². The first-order valence-electron chi connectivity index (χ1n) is 9.98. The number of ether oxygens (including phenoxy) is 1. The van der Waals surface area contributed by atoms with Gasteiger partial charge in [-0.15, -0.1) is 0 Å². The van der Waals surface area contributed by atoms with Crippen molar-refractivity contribution in [2.45, 2.75) is 13.1 Å². The topological polar surface area (TPSA) is 18.1 Å². The lowest BCUT2D eigenvalue weighted by atomic mass is 10.1. The van der Waals surface area contributed by atoms with Crippen molar-refractivity contribution in [3.05, 3.63) is 94.5 Å². The molecule has 2 N–H and O–H groups in total. The summed E-state index contributed by atoms with van der Waals surface area (Å²) in [5.74, 6) is 1.80. The summed E-state index contributed by atoms with van der Waals surface area (Å²) in [6, 6.07) is 27.2. The van der Waals surface area contributed by atoms with Gasteiger partial charge in [-0.25, -0.2) is 0 Å². The first-order valence-corrected chi connectivity index (χ1v) is 10.8. The molecule has 0 spiro atoms. The van der Waals surface area contributed by atoms with Gasteiger partial charge < -0.3 is 14.5 Å². The zero-order valence-corrected chi connectivity index (χ0v) is 17.6. The fourth-order valence-electron chi connectivity index (χ4n) is 3.88. The Morgan fingerprint density at radius 3 is 1.86 bits per heavy atom. The maximum absolute atomic E-state index is 5.98. The summed E-state index contributed by atoms with van der Waals surface area (Å²) in [5, 5.41) is 0. The Morgan fingerprint density at radius 2 is 1.21 bits per heavy atom. The SMILES string of the molecule is Brc1cccc(C[NH+]2CC[NH+](Cc3cccc(Oc4ccccc4)c3)CC2)c1. The molecule has 1 aliphatic rings. The van der Waals surface area contributed by atoms with Crippen LogP contribution in [-0.2, 0) is 13.1 Å². The Hall–Kier alpha value is -2.14. The molecule has 1 aliphatic heterocycles. The predicted octanol–water partition coefficient (Wildman–Crippen LogP) is 2.73. The molecule has 28 heavy (non-hydrogen) atoms. The molecule has 1 heterocycles. The van der Waals surface area contributed by atoms with E-state index in [1.165, 1.54) is 41.8 Å². The lowest BCUT2D eigenvalue weighted by molar-refractivity contribution is -1.02. The molecule has 0 aromatic heterocycles. The van der Waals surface area contributed by atoms with Gasteiger partial charge >= 0.3 is 0 Å². The summed E-state index contributed by atoms with van der Waals surface area (Å²) >= 11 is 3.58. The fourth-order valence-corrected chi connectivity index (χ4v) is 4.33. The van der Waals surface area contributed by atoms with Crippen LogP contribution in [0.15, 0.2) is 83.3 Å². The van der Waals surface area contributed by atoms with E-state index in [9.17, 15) is 0 Å². The van der Waals surface area contributed by atoms with Gasteiger partial charge in [-0.3, -0.25) is 0 Å². The molecule has 0 atom stereocenters. The van der Waals surface area contributed by atoms with Crippen LogP contribution < -0.4 is 14.5 Å². The first-order chi connectivity index (χ1) is 13.7. The third-order valence-electron chi connectivity index (χ3n) is 5.34. The Bertz CT molecular complexity index is 892. The van der Waals surface area contributed by atoms with E-state index in [0.29, 0.717) is 0 Å². The number of piperazine rings is 1. The maximum atomic E-state index is 5.98. The third kappa shape index (κ3) is 5.44. The monoisotopic (exact) mass is 438 g/mol. The van der Waals surface area contributed by atoms with Gasteiger partial charge in [0.25, 0.3) is 0 Å². The number of hydrogen-bond acceptors (Lipinski definition) is 1. The molecule has 0 saturated carbocycles. The highest BCUT2D eigenvalue weighted by Gasteiger charge is 2.23. The average molecular weight is 439 g/mol. The third-order valence-corrected chi connectivity index (χ3v) is 5.83. The van der Waals surface area contributed by atoms with Crippen molar-refractivity contribution < 1.29 is 14.5 Å². The molecule has 144 valence electrons. The number of quaternary nitrogens is 2. The molecule has 3 nitrogen and oxygen atoms in total. The summed E-state index contributed by atoms with van der Waals surface area (Å²) in [4.78, 5) is 3.35. The minimum Gasteiger partial charge on any atom is -0.457 e. The van der Waals surface area contributed by atoms with Crippen LogP contribution in [0, 0.1) is 0 Å². The van der Waals surface area contributed by atoms with E-state index in [1.54, 1.807) is 9.80 Å². The van der Waals surface area contributed by atoms with E-state index in [-0.39, 0.29) is 0 Å². The number of benzene rings is 3. The number of hydrogen-bond donors (Lipinski definition) is 2. The Kier molecular flexibility index (Phi) is 6.42. The van der Waals surface area contributed by atoms with E-state index in [1.807, 2.05) is 36.4 Å². The maximum Gasteiger partial charge on any atom is 0.127 e. The normalized spacial score (nSPS) is 19.3. The quantitative estimate of drug-likeness (QED) is 0.605. The average Bonchev–Trinajstić information content (AvgIpc) is 2.71. The smallest absolute Gasteiger partial charge is 0.127 e. The number of rotatable bonds is 6. The van der Waals surface area contributed by atoms with Gasteiger partial charge in [0.15, 0.2) is 0 Å². The second-order valence-corrected chi connectivity index (χ2v) is 8.46. The molecule has 0 unspecified atom stereocenters. The van der Waals surface area contributed by atoms with Crippen LogP contribution in [0.1, 0.15) is 11.1 Å². The van der Waals surface area contributed by atoms with Crippen LogP contribution in [0.2, 0.25) is 0 Å². The van der Waals surface area contributed by atoms with Crippen molar-refractivity contribution in [1.82, 2.24) is 0 Å². The van der Waals surface area contributed by atoms with E-state index in [4.69, 9.17) is 4.74 Å². The van der Waals surface area contributed by atoms with Crippen molar-refractivity contribution >= 4 is 15.9 Å². The highest BCUT2D eigenvalue weighted by Crippen LogP contribution is 2.21. The lowest BCUT2D eigenvalue weighted by Gasteiger charge is -2.30. The second-order valence-electron chi connectivity index (χ2n) is 7.55. The van der Waals surface area contributed by atoms with Crippen molar-refractivity contribution in [2.75, 3.05) is 26.2 Å². The zero-order valence-electron chi connectivity index (χ0n) is 16.0. The fraction of sp³-hybridized carbons (Fsp3) is 0.250. The van der Waals surface area contributed by atoms with Crippen molar-refractivity contribution in [1.29, 1.82) is 0 Å². The van der Waals surface area contributed by atoms with Gasteiger partial charge in [0, 0.05) is 15.6 Å². The Morgan fingerprint density at radius 1 is 0.643 bits per heavy atom. The summed E-state index contributed by atoms with van der Waals surface area (Å²) in [5.41, 5.74) is 2.76. The van der Waals surface area contributed by atoms with Gasteiger partial charge in [0.05, 0.1) is 0 Å². The van der Waals surface area contributed by atoms with Crippen LogP contribution in [0.3, 0.4) is 0 Å². The zero-order chi connectivity index (χ0) is 19.2.